The summed E-state index contributed by atoms with van der Waals surface area (Å²) in [5.41, 5.74) is 0.427. The van der Waals surface area contributed by atoms with Crippen molar-refractivity contribution >= 4 is 39.7 Å². The van der Waals surface area contributed by atoms with Crippen LogP contribution in [-0.4, -0.2) is 46.3 Å². The Morgan fingerprint density at radius 1 is 0.857 bits per heavy atom. The number of esters is 1. The molecule has 5 nitrogen and oxygen atoms in total. The minimum absolute atomic E-state index is 0.336. The van der Waals surface area contributed by atoms with Crippen molar-refractivity contribution in [3.8, 4) is 0 Å². The summed E-state index contributed by atoms with van der Waals surface area (Å²) in [6.45, 7) is 25.5. The summed E-state index contributed by atoms with van der Waals surface area (Å²) in [6.07, 6.45) is 3.13. The van der Waals surface area contributed by atoms with Crippen LogP contribution in [0.1, 0.15) is 33.1 Å². The van der Waals surface area contributed by atoms with Gasteiger partial charge in [0, 0.05) is 5.57 Å². The van der Waals surface area contributed by atoms with E-state index < -0.39 is 33.8 Å². The molecule has 0 saturated heterocycles. The van der Waals surface area contributed by atoms with Crippen LogP contribution in [-0.2, 0) is 21.9 Å². The summed E-state index contributed by atoms with van der Waals surface area (Å²) in [4.78, 5) is 11.6. The number of ether oxygens (including phenoxy) is 1. The molecule has 0 aromatic rings. The largest absolute Gasteiger partial charge is 0.462 e. The molecular formula is C19H44O5Si4. The second-order valence-corrected chi connectivity index (χ2v) is 26.1. The predicted octanol–water partition coefficient (Wildman–Crippen LogP) is 6.16. The molecule has 0 fully saturated rings. The summed E-state index contributed by atoms with van der Waals surface area (Å²) < 4.78 is 25.2. The molecule has 9 heteroatoms. The fourth-order valence-corrected chi connectivity index (χ4v) is 22.3. The molecule has 0 aromatic heterocycles. The van der Waals surface area contributed by atoms with Gasteiger partial charge in [-0.3, -0.25) is 0 Å². The number of rotatable bonds is 14. The molecule has 0 saturated carbocycles. The van der Waals surface area contributed by atoms with Crippen molar-refractivity contribution in [2.75, 3.05) is 6.61 Å². The maximum absolute atomic E-state index is 11.6. The molecule has 0 amide bonds. The van der Waals surface area contributed by atoms with E-state index in [0.717, 1.165) is 18.5 Å². The van der Waals surface area contributed by atoms with E-state index in [2.05, 4.69) is 65.9 Å². The Morgan fingerprint density at radius 3 is 1.89 bits per heavy atom. The molecule has 0 aromatic carbocycles. The van der Waals surface area contributed by atoms with Gasteiger partial charge in [-0.15, -0.1) is 0 Å². The van der Waals surface area contributed by atoms with Crippen LogP contribution in [0.25, 0.3) is 0 Å². The first-order valence-electron chi connectivity index (χ1n) is 10.4. The number of carbonyl (C=O) groups is 1. The second kappa shape index (κ2) is 11.4. The zero-order valence-corrected chi connectivity index (χ0v) is 24.0. The van der Waals surface area contributed by atoms with Crippen LogP contribution in [0.5, 0.6) is 0 Å². The van der Waals surface area contributed by atoms with Gasteiger partial charge >= 0.3 is 23.1 Å². The molecular weight excluding hydrogens is 421 g/mol. The molecule has 166 valence electrons. The zero-order chi connectivity index (χ0) is 22.2. The van der Waals surface area contributed by atoms with Crippen LogP contribution in [0, 0.1) is 0 Å². The summed E-state index contributed by atoms with van der Waals surface area (Å²) >= 11 is 0. The minimum Gasteiger partial charge on any atom is -0.462 e. The molecule has 0 heterocycles. The third-order valence-corrected chi connectivity index (χ3v) is 18.9. The molecule has 0 aliphatic carbocycles. The van der Waals surface area contributed by atoms with Crippen molar-refractivity contribution in [2.45, 2.75) is 97.6 Å². The third kappa shape index (κ3) is 13.2. The van der Waals surface area contributed by atoms with E-state index in [-0.39, 0.29) is 5.97 Å². The summed E-state index contributed by atoms with van der Waals surface area (Å²) in [6, 6.07) is 1.95. The molecule has 1 atom stereocenters. The lowest BCUT2D eigenvalue weighted by molar-refractivity contribution is -0.138. The SMILES string of the molecule is C=C(C)C(=O)OCCC[Si](C)(O[Si](C)(C)C)O[Si](C)(C)O[Si](C)(C)CCCC. The summed E-state index contributed by atoms with van der Waals surface area (Å²) in [5.74, 6) is -0.336. The van der Waals surface area contributed by atoms with Gasteiger partial charge in [0.05, 0.1) is 6.61 Å². The standard InChI is InChI=1S/C19H44O5Si4/c1-12-13-16-26(7,8)23-27(9,10)24-28(11,22-25(4,5)6)17-14-15-21-19(20)18(2)3/h2,12-17H2,1,3-11H3. The van der Waals surface area contributed by atoms with E-state index in [4.69, 9.17) is 17.1 Å². The topological polar surface area (TPSA) is 54.0 Å². The van der Waals surface area contributed by atoms with Gasteiger partial charge in [-0.05, 0) is 77.8 Å². The average molecular weight is 465 g/mol. The first kappa shape index (κ1) is 28.0. The molecule has 0 bridgehead atoms. The Balaban J connectivity index is 5.06. The normalized spacial score (nSPS) is 15.2. The summed E-state index contributed by atoms with van der Waals surface area (Å²) in [7, 11) is -8.30. The van der Waals surface area contributed by atoms with E-state index in [0.29, 0.717) is 12.2 Å². The first-order valence-corrected chi connectivity index (χ1v) is 22.3. The molecule has 0 radical (unpaired) electrons. The second-order valence-electron chi connectivity index (χ2n) is 9.84. The van der Waals surface area contributed by atoms with Gasteiger partial charge in [0.15, 0.2) is 16.6 Å². The van der Waals surface area contributed by atoms with E-state index in [9.17, 15) is 4.79 Å². The van der Waals surface area contributed by atoms with Gasteiger partial charge in [-0.25, -0.2) is 4.79 Å². The van der Waals surface area contributed by atoms with E-state index >= 15 is 0 Å². The van der Waals surface area contributed by atoms with Crippen LogP contribution in [0.15, 0.2) is 12.2 Å². The lowest BCUT2D eigenvalue weighted by atomic mass is 10.4. The fourth-order valence-electron chi connectivity index (χ4n) is 3.31. The Morgan fingerprint density at radius 2 is 1.43 bits per heavy atom. The van der Waals surface area contributed by atoms with Crippen molar-refractivity contribution in [1.29, 1.82) is 0 Å². The smallest absolute Gasteiger partial charge is 0.333 e. The zero-order valence-electron chi connectivity index (χ0n) is 20.0. The molecule has 0 aliphatic rings. The number of carbonyl (C=O) groups excluding carboxylic acids is 1. The maximum atomic E-state index is 11.6. The van der Waals surface area contributed by atoms with Crippen molar-refractivity contribution in [1.82, 2.24) is 0 Å². The number of hydrogen-bond donors (Lipinski definition) is 0. The molecule has 0 aliphatic heterocycles. The highest BCUT2D eigenvalue weighted by Gasteiger charge is 2.44. The fraction of sp³-hybridized carbons (Fsp3) is 0.842. The molecule has 0 N–H and O–H groups in total. The summed E-state index contributed by atoms with van der Waals surface area (Å²) in [5, 5.41) is 0. The minimum atomic E-state index is -2.44. The molecule has 28 heavy (non-hydrogen) atoms. The quantitative estimate of drug-likeness (QED) is 0.133. The van der Waals surface area contributed by atoms with Crippen molar-refractivity contribution in [3.63, 3.8) is 0 Å². The van der Waals surface area contributed by atoms with Gasteiger partial charge in [-0.2, -0.15) is 0 Å². The van der Waals surface area contributed by atoms with Crippen LogP contribution < -0.4 is 0 Å². The Hall–Kier alpha value is -0.0425. The molecule has 0 rings (SSSR count). The van der Waals surface area contributed by atoms with Gasteiger partial charge in [0.25, 0.3) is 0 Å². The highest BCUT2D eigenvalue weighted by Crippen LogP contribution is 2.29. The first-order chi connectivity index (χ1) is 12.5. The van der Waals surface area contributed by atoms with E-state index in [1.165, 1.54) is 12.8 Å². The lowest BCUT2D eigenvalue weighted by Gasteiger charge is -2.42. The monoisotopic (exact) mass is 464 g/mol. The van der Waals surface area contributed by atoms with Crippen LogP contribution in [0.3, 0.4) is 0 Å². The van der Waals surface area contributed by atoms with Crippen LogP contribution >= 0.6 is 0 Å². The number of hydrogen-bond acceptors (Lipinski definition) is 5. The number of unbranched alkanes of at least 4 members (excludes halogenated alkanes) is 1. The van der Waals surface area contributed by atoms with Crippen molar-refractivity contribution < 1.29 is 21.9 Å². The maximum Gasteiger partial charge on any atom is 0.333 e. The lowest BCUT2D eigenvalue weighted by Crippen LogP contribution is -2.57. The van der Waals surface area contributed by atoms with Gasteiger partial charge in [-0.1, -0.05) is 26.3 Å². The highest BCUT2D eigenvalue weighted by atomic mass is 28.5. The van der Waals surface area contributed by atoms with Crippen molar-refractivity contribution in [2.24, 2.45) is 0 Å². The third-order valence-electron chi connectivity index (χ3n) is 4.00. The van der Waals surface area contributed by atoms with E-state index in [1.54, 1.807) is 6.92 Å². The molecule has 0 spiro atoms. The molecule has 1 unspecified atom stereocenters. The Bertz CT molecular complexity index is 517. The van der Waals surface area contributed by atoms with Gasteiger partial charge in [0.2, 0.25) is 0 Å². The van der Waals surface area contributed by atoms with Crippen LogP contribution in [0.4, 0.5) is 0 Å². The van der Waals surface area contributed by atoms with Crippen molar-refractivity contribution in [3.05, 3.63) is 12.2 Å². The van der Waals surface area contributed by atoms with Gasteiger partial charge < -0.3 is 17.1 Å². The predicted molar refractivity (Wildman–Crippen MR) is 128 cm³/mol. The highest BCUT2D eigenvalue weighted by molar-refractivity contribution is 6.89. The Labute approximate surface area is 177 Å². The van der Waals surface area contributed by atoms with Crippen LogP contribution in [0.2, 0.25) is 64.5 Å². The average Bonchev–Trinajstić information content (AvgIpc) is 2.45. The Kier molecular flexibility index (Phi) is 11.4. The van der Waals surface area contributed by atoms with Gasteiger partial charge in [0.1, 0.15) is 0 Å². The van der Waals surface area contributed by atoms with E-state index in [1.807, 2.05) is 0 Å².